The van der Waals surface area contributed by atoms with Gasteiger partial charge in [0.1, 0.15) is 0 Å². The van der Waals surface area contributed by atoms with Crippen molar-refractivity contribution in [3.05, 3.63) is 11.6 Å². The van der Waals surface area contributed by atoms with E-state index in [1.165, 1.54) is 0 Å². The zero-order valence-corrected chi connectivity index (χ0v) is 8.81. The lowest BCUT2D eigenvalue weighted by Gasteiger charge is -2.01. The molecule has 0 saturated carbocycles. The third-order valence-corrected chi connectivity index (χ3v) is 2.06. The second kappa shape index (κ2) is 7.84. The van der Waals surface area contributed by atoms with Crippen LogP contribution >= 0.6 is 0 Å². The monoisotopic (exact) mass is 183 g/mol. The van der Waals surface area contributed by atoms with Gasteiger partial charge in [0, 0.05) is 5.57 Å². The Morgan fingerprint density at radius 2 is 1.85 bits per heavy atom. The molecule has 0 atom stereocenters. The van der Waals surface area contributed by atoms with Crippen LogP contribution in [-0.4, -0.2) is 5.91 Å². The van der Waals surface area contributed by atoms with Crippen LogP contribution in [0.5, 0.6) is 0 Å². The molecular weight excluding hydrogens is 162 g/mol. The van der Waals surface area contributed by atoms with Crippen molar-refractivity contribution in [1.82, 2.24) is 0 Å². The quantitative estimate of drug-likeness (QED) is 0.478. The van der Waals surface area contributed by atoms with Crippen molar-refractivity contribution < 1.29 is 4.79 Å². The number of carbonyl (C=O) groups excluding carboxylic acids is 1. The van der Waals surface area contributed by atoms with Gasteiger partial charge in [0.15, 0.2) is 0 Å². The molecule has 0 spiro atoms. The highest BCUT2D eigenvalue weighted by molar-refractivity contribution is 5.91. The van der Waals surface area contributed by atoms with Crippen LogP contribution in [0.3, 0.4) is 0 Å². The molecule has 0 aromatic rings. The Bertz CT molecular complexity index is 173. The summed E-state index contributed by atoms with van der Waals surface area (Å²) < 4.78 is 0. The highest BCUT2D eigenvalue weighted by atomic mass is 16.1. The van der Waals surface area contributed by atoms with Crippen LogP contribution in [0.25, 0.3) is 0 Å². The smallest absolute Gasteiger partial charge is 0.244 e. The molecule has 0 aliphatic rings. The van der Waals surface area contributed by atoms with E-state index in [0.29, 0.717) is 0 Å². The van der Waals surface area contributed by atoms with Gasteiger partial charge in [-0.05, 0) is 19.3 Å². The van der Waals surface area contributed by atoms with Crippen molar-refractivity contribution in [2.45, 2.75) is 52.4 Å². The Balaban J connectivity index is 3.92. The van der Waals surface area contributed by atoms with Crippen LogP contribution in [0.15, 0.2) is 11.6 Å². The van der Waals surface area contributed by atoms with E-state index in [1.54, 1.807) is 0 Å². The number of hydrogen-bond acceptors (Lipinski definition) is 1. The van der Waals surface area contributed by atoms with Gasteiger partial charge in [-0.15, -0.1) is 0 Å². The Morgan fingerprint density at radius 3 is 2.31 bits per heavy atom. The van der Waals surface area contributed by atoms with Crippen molar-refractivity contribution in [2.75, 3.05) is 0 Å². The summed E-state index contributed by atoms with van der Waals surface area (Å²) >= 11 is 0. The van der Waals surface area contributed by atoms with Crippen LogP contribution < -0.4 is 5.73 Å². The fourth-order valence-corrected chi connectivity index (χ4v) is 1.17. The molecule has 0 fully saturated rings. The average Bonchev–Trinajstić information content (AvgIpc) is 2.10. The van der Waals surface area contributed by atoms with Crippen molar-refractivity contribution >= 4 is 5.91 Å². The standard InChI is InChI=1S/C11H21NO/c1-3-5-7-9-10(11(12)13)8-6-4-2/h9H,3-8H2,1-2H3,(H2,12,13)/b10-9-. The molecule has 0 aromatic carbocycles. The lowest BCUT2D eigenvalue weighted by Crippen LogP contribution is -2.13. The Labute approximate surface area is 81.2 Å². The van der Waals surface area contributed by atoms with Gasteiger partial charge in [0.05, 0.1) is 0 Å². The van der Waals surface area contributed by atoms with Gasteiger partial charge in [0.2, 0.25) is 5.91 Å². The molecule has 0 aliphatic heterocycles. The van der Waals surface area contributed by atoms with Crippen molar-refractivity contribution in [3.63, 3.8) is 0 Å². The number of carbonyl (C=O) groups is 1. The SMILES string of the molecule is CCCC/C=C(/CCCC)C(N)=O. The van der Waals surface area contributed by atoms with Gasteiger partial charge in [-0.1, -0.05) is 39.2 Å². The molecule has 2 heteroatoms. The van der Waals surface area contributed by atoms with Crippen molar-refractivity contribution in [3.8, 4) is 0 Å². The molecule has 13 heavy (non-hydrogen) atoms. The van der Waals surface area contributed by atoms with Gasteiger partial charge in [-0.3, -0.25) is 4.79 Å². The van der Waals surface area contributed by atoms with E-state index < -0.39 is 0 Å². The summed E-state index contributed by atoms with van der Waals surface area (Å²) in [5, 5.41) is 0. The Morgan fingerprint density at radius 1 is 1.23 bits per heavy atom. The molecular formula is C11H21NO. The summed E-state index contributed by atoms with van der Waals surface area (Å²) in [6.07, 6.45) is 8.30. The predicted molar refractivity (Wildman–Crippen MR) is 56.3 cm³/mol. The number of unbranched alkanes of at least 4 members (excludes halogenated alkanes) is 3. The molecule has 2 nitrogen and oxygen atoms in total. The summed E-state index contributed by atoms with van der Waals surface area (Å²) in [7, 11) is 0. The highest BCUT2D eigenvalue weighted by Gasteiger charge is 2.02. The summed E-state index contributed by atoms with van der Waals surface area (Å²) in [5.74, 6) is -0.246. The fourth-order valence-electron chi connectivity index (χ4n) is 1.17. The highest BCUT2D eigenvalue weighted by Crippen LogP contribution is 2.09. The minimum absolute atomic E-state index is 0.246. The second-order valence-corrected chi connectivity index (χ2v) is 3.34. The van der Waals surface area contributed by atoms with Crippen molar-refractivity contribution in [2.24, 2.45) is 5.73 Å². The molecule has 2 N–H and O–H groups in total. The number of amides is 1. The first kappa shape index (κ1) is 12.2. The minimum atomic E-state index is -0.246. The maximum atomic E-state index is 11.0. The molecule has 0 rings (SSSR count). The number of rotatable bonds is 7. The fraction of sp³-hybridized carbons (Fsp3) is 0.727. The number of allylic oxidation sites excluding steroid dienone is 1. The van der Waals surface area contributed by atoms with E-state index in [9.17, 15) is 4.79 Å². The largest absolute Gasteiger partial charge is 0.366 e. The molecule has 0 heterocycles. The molecule has 0 aromatic heterocycles. The number of nitrogens with two attached hydrogens (primary N) is 1. The van der Waals surface area contributed by atoms with Crippen LogP contribution in [0.4, 0.5) is 0 Å². The lowest BCUT2D eigenvalue weighted by atomic mass is 10.1. The maximum absolute atomic E-state index is 11.0. The molecule has 0 radical (unpaired) electrons. The summed E-state index contributed by atoms with van der Waals surface area (Å²) in [6, 6.07) is 0. The molecule has 0 unspecified atom stereocenters. The van der Waals surface area contributed by atoms with Gasteiger partial charge >= 0.3 is 0 Å². The first-order valence-corrected chi connectivity index (χ1v) is 5.21. The summed E-state index contributed by atoms with van der Waals surface area (Å²) in [4.78, 5) is 11.0. The van der Waals surface area contributed by atoms with Gasteiger partial charge < -0.3 is 5.73 Å². The Kier molecular flexibility index (Phi) is 7.36. The first-order chi connectivity index (χ1) is 6.22. The van der Waals surface area contributed by atoms with Crippen LogP contribution in [-0.2, 0) is 4.79 Å². The third kappa shape index (κ3) is 6.38. The van der Waals surface area contributed by atoms with Crippen LogP contribution in [0.1, 0.15) is 52.4 Å². The first-order valence-electron chi connectivity index (χ1n) is 5.21. The molecule has 76 valence electrons. The van der Waals surface area contributed by atoms with Gasteiger partial charge in [0.25, 0.3) is 0 Å². The zero-order chi connectivity index (χ0) is 10.1. The molecule has 0 saturated heterocycles. The van der Waals surface area contributed by atoms with Gasteiger partial charge in [-0.2, -0.15) is 0 Å². The van der Waals surface area contributed by atoms with Crippen LogP contribution in [0.2, 0.25) is 0 Å². The van der Waals surface area contributed by atoms with E-state index in [4.69, 9.17) is 5.73 Å². The maximum Gasteiger partial charge on any atom is 0.244 e. The van der Waals surface area contributed by atoms with Crippen LogP contribution in [0, 0.1) is 0 Å². The van der Waals surface area contributed by atoms with Gasteiger partial charge in [-0.25, -0.2) is 0 Å². The van der Waals surface area contributed by atoms with Crippen molar-refractivity contribution in [1.29, 1.82) is 0 Å². The van der Waals surface area contributed by atoms with E-state index in [0.717, 1.165) is 44.1 Å². The topological polar surface area (TPSA) is 43.1 Å². The van der Waals surface area contributed by atoms with E-state index in [1.807, 2.05) is 6.08 Å². The summed E-state index contributed by atoms with van der Waals surface area (Å²) in [6.45, 7) is 4.26. The van der Waals surface area contributed by atoms with E-state index in [-0.39, 0.29) is 5.91 Å². The molecule has 0 aliphatic carbocycles. The molecule has 0 bridgehead atoms. The summed E-state index contributed by atoms with van der Waals surface area (Å²) in [5.41, 5.74) is 6.07. The zero-order valence-electron chi connectivity index (χ0n) is 8.81. The second-order valence-electron chi connectivity index (χ2n) is 3.34. The average molecular weight is 183 g/mol. The molecule has 1 amide bonds. The van der Waals surface area contributed by atoms with E-state index in [2.05, 4.69) is 13.8 Å². The Hall–Kier alpha value is -0.790. The van der Waals surface area contributed by atoms with E-state index >= 15 is 0 Å². The predicted octanol–water partition coefficient (Wildman–Crippen LogP) is 2.78. The third-order valence-electron chi connectivity index (χ3n) is 2.06. The lowest BCUT2D eigenvalue weighted by molar-refractivity contribution is -0.114. The number of hydrogen-bond donors (Lipinski definition) is 1. The normalized spacial score (nSPS) is 11.7. The number of primary amides is 1. The minimum Gasteiger partial charge on any atom is -0.366 e.